The maximum absolute atomic E-state index is 13.4. The van der Waals surface area contributed by atoms with E-state index in [0.29, 0.717) is 11.1 Å². The van der Waals surface area contributed by atoms with Crippen molar-refractivity contribution in [2.75, 3.05) is 11.5 Å². The zero-order valence-electron chi connectivity index (χ0n) is 18.0. The molecule has 3 aromatic heterocycles. The largest absolute Gasteiger partial charge is 0.461 e. The standard InChI is InChI=1S/C24H28O4S3/c1-3-5-7-15-29-23-19(21(25)17-11-9-13-27-17)20(22(26)18-12-10-14-28-18)24(31-23)30-16-8-6-4-2/h9-14H,3-8,15-16H2,1-2H3. The summed E-state index contributed by atoms with van der Waals surface area (Å²) in [7, 11) is 0. The van der Waals surface area contributed by atoms with Crippen LogP contribution in [0.25, 0.3) is 0 Å². The van der Waals surface area contributed by atoms with Crippen LogP contribution in [-0.2, 0) is 0 Å². The summed E-state index contributed by atoms with van der Waals surface area (Å²) in [5.41, 5.74) is 0.918. The van der Waals surface area contributed by atoms with Gasteiger partial charge >= 0.3 is 0 Å². The highest BCUT2D eigenvalue weighted by Crippen LogP contribution is 2.44. The van der Waals surface area contributed by atoms with E-state index >= 15 is 0 Å². The van der Waals surface area contributed by atoms with Crippen LogP contribution in [-0.4, -0.2) is 23.1 Å². The van der Waals surface area contributed by atoms with Gasteiger partial charge in [0.25, 0.3) is 0 Å². The topological polar surface area (TPSA) is 60.4 Å². The van der Waals surface area contributed by atoms with Crippen LogP contribution < -0.4 is 0 Å². The first-order chi connectivity index (χ1) is 15.2. The average molecular weight is 477 g/mol. The number of hydrogen-bond acceptors (Lipinski definition) is 7. The highest BCUT2D eigenvalue weighted by Gasteiger charge is 2.31. The van der Waals surface area contributed by atoms with Gasteiger partial charge in [-0.15, -0.1) is 34.9 Å². The molecule has 0 saturated carbocycles. The van der Waals surface area contributed by atoms with Crippen molar-refractivity contribution in [1.82, 2.24) is 0 Å². The molecular weight excluding hydrogens is 448 g/mol. The number of carbonyl (C=O) groups excluding carboxylic acids is 2. The average Bonchev–Trinajstić information content (AvgIpc) is 3.54. The Balaban J connectivity index is 2.01. The molecule has 0 spiro atoms. The molecule has 0 bridgehead atoms. The molecule has 0 aliphatic carbocycles. The van der Waals surface area contributed by atoms with Crippen LogP contribution in [0.2, 0.25) is 0 Å². The molecule has 3 aromatic rings. The van der Waals surface area contributed by atoms with E-state index in [9.17, 15) is 9.59 Å². The minimum atomic E-state index is -0.241. The molecule has 0 atom stereocenters. The summed E-state index contributed by atoms with van der Waals surface area (Å²) in [6, 6.07) is 6.70. The van der Waals surface area contributed by atoms with Gasteiger partial charge in [-0.2, -0.15) is 0 Å². The van der Waals surface area contributed by atoms with Crippen LogP contribution in [0.5, 0.6) is 0 Å². The number of hydrogen-bond donors (Lipinski definition) is 0. The Morgan fingerprint density at radius 3 is 1.58 bits per heavy atom. The lowest BCUT2D eigenvalue weighted by molar-refractivity contribution is 0.0975. The molecule has 0 amide bonds. The fraction of sp³-hybridized carbons (Fsp3) is 0.417. The van der Waals surface area contributed by atoms with Crippen molar-refractivity contribution in [3.8, 4) is 0 Å². The van der Waals surface area contributed by atoms with Crippen molar-refractivity contribution < 1.29 is 18.4 Å². The highest BCUT2D eigenvalue weighted by molar-refractivity contribution is 8.03. The lowest BCUT2D eigenvalue weighted by Gasteiger charge is -2.06. The van der Waals surface area contributed by atoms with Gasteiger partial charge in [0, 0.05) is 0 Å². The second-order valence-electron chi connectivity index (χ2n) is 7.15. The van der Waals surface area contributed by atoms with Crippen molar-refractivity contribution >= 4 is 46.4 Å². The third-order valence-corrected chi connectivity index (χ3v) is 8.65. The minimum Gasteiger partial charge on any atom is -0.461 e. The highest BCUT2D eigenvalue weighted by atomic mass is 32.2. The Morgan fingerprint density at radius 1 is 0.774 bits per heavy atom. The maximum atomic E-state index is 13.4. The zero-order valence-corrected chi connectivity index (χ0v) is 20.4. The number of thiophene rings is 1. The smallest absolute Gasteiger partial charge is 0.230 e. The number of carbonyl (C=O) groups is 2. The van der Waals surface area contributed by atoms with E-state index in [1.54, 1.807) is 59.1 Å². The van der Waals surface area contributed by atoms with Crippen LogP contribution in [0.15, 0.2) is 54.0 Å². The normalized spacial score (nSPS) is 11.2. The third kappa shape index (κ3) is 6.18. The Bertz CT molecular complexity index is 879. The molecule has 0 aliphatic rings. The first-order valence-electron chi connectivity index (χ1n) is 10.8. The second kappa shape index (κ2) is 12.4. The van der Waals surface area contributed by atoms with E-state index in [0.717, 1.165) is 58.4 Å². The predicted molar refractivity (Wildman–Crippen MR) is 129 cm³/mol. The first kappa shape index (κ1) is 24.0. The maximum Gasteiger partial charge on any atom is 0.230 e. The fourth-order valence-electron chi connectivity index (χ4n) is 3.10. The lowest BCUT2D eigenvalue weighted by Crippen LogP contribution is -2.10. The fourth-order valence-corrected chi connectivity index (χ4v) is 7.24. The number of unbranched alkanes of at least 4 members (excludes halogenated alkanes) is 4. The van der Waals surface area contributed by atoms with Gasteiger partial charge in [0.05, 0.1) is 32.1 Å². The molecule has 7 heteroatoms. The predicted octanol–water partition coefficient (Wildman–Crippen LogP) is 7.96. The van der Waals surface area contributed by atoms with Crippen LogP contribution in [0.4, 0.5) is 0 Å². The van der Waals surface area contributed by atoms with Crippen molar-refractivity contribution in [3.05, 3.63) is 59.4 Å². The molecule has 166 valence electrons. The third-order valence-electron chi connectivity index (χ3n) is 4.75. The second-order valence-corrected chi connectivity index (χ2v) is 10.9. The molecule has 0 N–H and O–H groups in total. The molecule has 0 saturated heterocycles. The summed E-state index contributed by atoms with van der Waals surface area (Å²) in [6.07, 6.45) is 9.72. The molecule has 0 fully saturated rings. The molecule has 3 rings (SSSR count). The van der Waals surface area contributed by atoms with Gasteiger partial charge < -0.3 is 8.83 Å². The van der Waals surface area contributed by atoms with Crippen LogP contribution in [0.1, 0.15) is 84.6 Å². The van der Waals surface area contributed by atoms with E-state index in [1.165, 1.54) is 12.5 Å². The summed E-state index contributed by atoms with van der Waals surface area (Å²) in [5, 5.41) is 0. The van der Waals surface area contributed by atoms with Crippen molar-refractivity contribution in [2.24, 2.45) is 0 Å². The van der Waals surface area contributed by atoms with E-state index in [2.05, 4.69) is 13.8 Å². The number of furan rings is 2. The number of rotatable bonds is 14. The van der Waals surface area contributed by atoms with Crippen LogP contribution in [0.3, 0.4) is 0 Å². The summed E-state index contributed by atoms with van der Waals surface area (Å²) in [5.74, 6) is 1.86. The lowest BCUT2D eigenvalue weighted by atomic mass is 10.0. The molecule has 0 unspecified atom stereocenters. The Morgan fingerprint density at radius 2 is 1.23 bits per heavy atom. The van der Waals surface area contributed by atoms with Gasteiger partial charge in [-0.1, -0.05) is 39.5 Å². The first-order valence-corrected chi connectivity index (χ1v) is 13.5. The Hall–Kier alpha value is -1.70. The number of ketones is 2. The van der Waals surface area contributed by atoms with Crippen molar-refractivity contribution in [3.63, 3.8) is 0 Å². The van der Waals surface area contributed by atoms with E-state index in [-0.39, 0.29) is 23.1 Å². The quantitative estimate of drug-likeness (QED) is 0.134. The SMILES string of the molecule is CCCCCSc1sc(SCCCCC)c(C(=O)c2ccco2)c1C(=O)c1ccco1. The summed E-state index contributed by atoms with van der Waals surface area (Å²) >= 11 is 4.89. The van der Waals surface area contributed by atoms with Gasteiger partial charge in [0.2, 0.25) is 11.6 Å². The zero-order chi connectivity index (χ0) is 22.1. The summed E-state index contributed by atoms with van der Waals surface area (Å²) in [6.45, 7) is 4.35. The van der Waals surface area contributed by atoms with Gasteiger partial charge in [0.15, 0.2) is 11.5 Å². The van der Waals surface area contributed by atoms with Crippen LogP contribution in [0, 0.1) is 0 Å². The molecular formula is C24H28O4S3. The van der Waals surface area contributed by atoms with Crippen molar-refractivity contribution in [1.29, 1.82) is 0 Å². The molecule has 3 heterocycles. The molecule has 0 radical (unpaired) electrons. The number of thioether (sulfide) groups is 2. The van der Waals surface area contributed by atoms with Crippen molar-refractivity contribution in [2.45, 2.75) is 60.8 Å². The van der Waals surface area contributed by atoms with Gasteiger partial charge in [-0.25, -0.2) is 0 Å². The van der Waals surface area contributed by atoms with E-state index in [1.807, 2.05) is 0 Å². The molecule has 0 aromatic carbocycles. The summed E-state index contributed by atoms with van der Waals surface area (Å²) < 4.78 is 12.6. The van der Waals surface area contributed by atoms with Crippen LogP contribution >= 0.6 is 34.9 Å². The monoisotopic (exact) mass is 476 g/mol. The summed E-state index contributed by atoms with van der Waals surface area (Å²) in [4.78, 5) is 26.8. The Kier molecular flexibility index (Phi) is 9.55. The van der Waals surface area contributed by atoms with Gasteiger partial charge in [0.1, 0.15) is 0 Å². The minimum absolute atomic E-state index is 0.241. The molecule has 4 nitrogen and oxygen atoms in total. The Labute approximate surface area is 196 Å². The molecule has 31 heavy (non-hydrogen) atoms. The van der Waals surface area contributed by atoms with Gasteiger partial charge in [-0.05, 0) is 48.6 Å². The van der Waals surface area contributed by atoms with E-state index in [4.69, 9.17) is 8.83 Å². The molecule has 0 aliphatic heterocycles. The van der Waals surface area contributed by atoms with E-state index < -0.39 is 0 Å². The van der Waals surface area contributed by atoms with Gasteiger partial charge in [-0.3, -0.25) is 9.59 Å².